The van der Waals surface area contributed by atoms with E-state index in [1.54, 1.807) is 6.92 Å². The molecule has 6 nitrogen and oxygen atoms in total. The molecule has 7 heteroatoms. The molecule has 1 atom stereocenters. The van der Waals surface area contributed by atoms with Gasteiger partial charge in [-0.05, 0) is 18.8 Å². The topological polar surface area (TPSA) is 93.1 Å². The van der Waals surface area contributed by atoms with Crippen LogP contribution in [0.25, 0.3) is 0 Å². The molecule has 0 aromatic heterocycles. The van der Waals surface area contributed by atoms with Crippen LogP contribution in [0.3, 0.4) is 0 Å². The van der Waals surface area contributed by atoms with Gasteiger partial charge in [-0.1, -0.05) is 20.8 Å². The molecule has 0 aliphatic carbocycles. The number of phenols is 1. The van der Waals surface area contributed by atoms with Crippen molar-refractivity contribution in [2.75, 3.05) is 14.2 Å². The van der Waals surface area contributed by atoms with Crippen LogP contribution in [0.15, 0.2) is 4.90 Å². The van der Waals surface area contributed by atoms with Crippen LogP contribution in [0.4, 0.5) is 0 Å². The van der Waals surface area contributed by atoms with Gasteiger partial charge in [-0.25, -0.2) is 0 Å². The highest BCUT2D eigenvalue weighted by Crippen LogP contribution is 2.49. The van der Waals surface area contributed by atoms with E-state index >= 15 is 0 Å². The van der Waals surface area contributed by atoms with E-state index in [0.29, 0.717) is 12.0 Å². The molecule has 0 saturated carbocycles. The Hall–Kier alpha value is -1.47. The molecule has 0 spiro atoms. The fourth-order valence-electron chi connectivity index (χ4n) is 2.41. The molecule has 1 unspecified atom stereocenters. The van der Waals surface area contributed by atoms with Crippen molar-refractivity contribution in [2.45, 2.75) is 44.4 Å². The zero-order valence-corrected chi connectivity index (χ0v) is 13.7. The van der Waals surface area contributed by atoms with E-state index in [1.165, 1.54) is 14.2 Å². The van der Waals surface area contributed by atoms with Crippen LogP contribution in [0.2, 0.25) is 0 Å². The van der Waals surface area contributed by atoms with E-state index in [4.69, 9.17) is 9.47 Å². The lowest BCUT2D eigenvalue weighted by Crippen LogP contribution is -2.11. The molecule has 0 radical (unpaired) electrons. The summed E-state index contributed by atoms with van der Waals surface area (Å²) in [7, 11) is -1.87. The molecular formula is C14H22O6S. The first-order valence-electron chi connectivity index (χ1n) is 6.71. The highest BCUT2D eigenvalue weighted by atomic mass is 32.2. The van der Waals surface area contributed by atoms with E-state index < -0.39 is 10.1 Å². The van der Waals surface area contributed by atoms with Crippen LogP contribution in [0, 0.1) is 0 Å². The molecule has 0 saturated heterocycles. The Morgan fingerprint density at radius 2 is 1.67 bits per heavy atom. The molecular weight excluding hydrogens is 296 g/mol. The number of aromatic hydroxyl groups is 1. The van der Waals surface area contributed by atoms with Crippen molar-refractivity contribution in [1.82, 2.24) is 0 Å². The van der Waals surface area contributed by atoms with Gasteiger partial charge in [0.15, 0.2) is 11.5 Å². The highest BCUT2D eigenvalue weighted by Gasteiger charge is 2.32. The minimum Gasteiger partial charge on any atom is -0.504 e. The van der Waals surface area contributed by atoms with Gasteiger partial charge < -0.3 is 14.6 Å². The van der Waals surface area contributed by atoms with Crippen LogP contribution in [0.1, 0.15) is 44.2 Å². The number of benzene rings is 1. The van der Waals surface area contributed by atoms with E-state index in [0.717, 1.165) is 0 Å². The van der Waals surface area contributed by atoms with Gasteiger partial charge in [0.2, 0.25) is 0 Å². The summed E-state index contributed by atoms with van der Waals surface area (Å²) >= 11 is 0. The summed E-state index contributed by atoms with van der Waals surface area (Å²) in [6.45, 7) is 5.43. The largest absolute Gasteiger partial charge is 0.504 e. The maximum Gasteiger partial charge on any atom is 0.298 e. The number of methoxy groups -OCH3 is 2. The zero-order valence-electron chi connectivity index (χ0n) is 12.9. The Morgan fingerprint density at radius 3 is 2.00 bits per heavy atom. The summed E-state index contributed by atoms with van der Waals surface area (Å²) < 4.78 is 43.5. The van der Waals surface area contributed by atoms with Crippen molar-refractivity contribution >= 4 is 10.1 Å². The summed E-state index contributed by atoms with van der Waals surface area (Å²) in [4.78, 5) is -0.336. The van der Waals surface area contributed by atoms with Gasteiger partial charge in [-0.15, -0.1) is 0 Å². The Morgan fingerprint density at radius 1 is 1.14 bits per heavy atom. The monoisotopic (exact) mass is 318 g/mol. The lowest BCUT2D eigenvalue weighted by atomic mass is 9.93. The van der Waals surface area contributed by atoms with Crippen LogP contribution >= 0.6 is 0 Å². The standard InChI is InChI=1S/C14H22O6S/c1-6-8(3)10-11(15)12(19-4)9(7-2)14(13(10)20-5)21(16,17)18/h8,15H,6-7H2,1-5H3,(H,16,17,18). The van der Waals surface area contributed by atoms with Gasteiger partial charge in [0.1, 0.15) is 10.6 Å². The molecule has 0 aliphatic heterocycles. The van der Waals surface area contributed by atoms with Crippen LogP contribution < -0.4 is 9.47 Å². The molecule has 21 heavy (non-hydrogen) atoms. The fourth-order valence-corrected chi connectivity index (χ4v) is 3.39. The van der Waals surface area contributed by atoms with Crippen molar-refractivity contribution < 1.29 is 27.6 Å². The zero-order chi connectivity index (χ0) is 16.4. The summed E-state index contributed by atoms with van der Waals surface area (Å²) in [5, 5.41) is 10.4. The number of rotatable bonds is 6. The molecule has 120 valence electrons. The SMILES string of the molecule is CCc1c(OC)c(O)c(C(C)CC)c(OC)c1S(=O)(=O)O. The Kier molecular flexibility index (Phi) is 5.47. The first-order valence-corrected chi connectivity index (χ1v) is 8.15. The number of hydrogen-bond acceptors (Lipinski definition) is 5. The van der Waals surface area contributed by atoms with E-state index in [1.807, 2.05) is 13.8 Å². The van der Waals surface area contributed by atoms with Crippen LogP contribution in [-0.4, -0.2) is 32.3 Å². The van der Waals surface area contributed by atoms with Gasteiger partial charge in [-0.2, -0.15) is 8.42 Å². The number of ether oxygens (including phenoxy) is 2. The third-order valence-electron chi connectivity index (χ3n) is 3.59. The average Bonchev–Trinajstić information content (AvgIpc) is 2.43. The van der Waals surface area contributed by atoms with Crippen molar-refractivity contribution in [1.29, 1.82) is 0 Å². The summed E-state index contributed by atoms with van der Waals surface area (Å²) in [6, 6.07) is 0. The van der Waals surface area contributed by atoms with Crippen LogP contribution in [-0.2, 0) is 16.5 Å². The summed E-state index contributed by atoms with van der Waals surface area (Å²) in [6.07, 6.45) is 0.909. The van der Waals surface area contributed by atoms with Crippen LogP contribution in [0.5, 0.6) is 17.2 Å². The van der Waals surface area contributed by atoms with Gasteiger partial charge in [-0.3, -0.25) is 4.55 Å². The van der Waals surface area contributed by atoms with Gasteiger partial charge >= 0.3 is 0 Å². The predicted octanol–water partition coefficient (Wildman–Crippen LogP) is 2.73. The van der Waals surface area contributed by atoms with Crippen molar-refractivity contribution in [2.24, 2.45) is 0 Å². The van der Waals surface area contributed by atoms with E-state index in [-0.39, 0.29) is 40.0 Å². The molecule has 0 aliphatic rings. The molecule has 0 bridgehead atoms. The number of hydrogen-bond donors (Lipinski definition) is 2. The minimum atomic E-state index is -4.52. The Bertz CT molecular complexity index is 621. The maximum atomic E-state index is 11.8. The van der Waals surface area contributed by atoms with E-state index in [2.05, 4.69) is 0 Å². The lowest BCUT2D eigenvalue weighted by Gasteiger charge is -2.23. The molecule has 0 fully saturated rings. The predicted molar refractivity (Wildman–Crippen MR) is 79.1 cm³/mol. The number of phenolic OH excluding ortho intramolecular Hbond substituents is 1. The Labute approximate surface area is 125 Å². The normalized spacial score (nSPS) is 13.0. The highest BCUT2D eigenvalue weighted by molar-refractivity contribution is 7.86. The van der Waals surface area contributed by atoms with Crippen molar-refractivity contribution in [3.05, 3.63) is 11.1 Å². The van der Waals surface area contributed by atoms with Crippen molar-refractivity contribution in [3.8, 4) is 17.2 Å². The molecule has 1 aromatic carbocycles. The maximum absolute atomic E-state index is 11.8. The molecule has 2 N–H and O–H groups in total. The first-order chi connectivity index (χ1) is 9.74. The van der Waals surface area contributed by atoms with Crippen molar-refractivity contribution in [3.63, 3.8) is 0 Å². The lowest BCUT2D eigenvalue weighted by molar-refractivity contribution is 0.344. The summed E-state index contributed by atoms with van der Waals surface area (Å²) in [5.74, 6) is -0.281. The molecule has 1 aromatic rings. The van der Waals surface area contributed by atoms with E-state index in [9.17, 15) is 18.1 Å². The third kappa shape index (κ3) is 3.08. The Balaban J connectivity index is 4.01. The quantitative estimate of drug-likeness (QED) is 0.783. The van der Waals surface area contributed by atoms with Gasteiger partial charge in [0.05, 0.1) is 14.2 Å². The first kappa shape index (κ1) is 17.6. The van der Waals surface area contributed by atoms with Gasteiger partial charge in [0.25, 0.3) is 10.1 Å². The minimum absolute atomic E-state index is 0.0259. The van der Waals surface area contributed by atoms with Gasteiger partial charge in [0, 0.05) is 11.1 Å². The average molecular weight is 318 g/mol. The second-order valence-electron chi connectivity index (χ2n) is 4.77. The smallest absolute Gasteiger partial charge is 0.298 e. The third-order valence-corrected chi connectivity index (χ3v) is 4.54. The fraction of sp³-hybridized carbons (Fsp3) is 0.571. The second kappa shape index (κ2) is 6.53. The summed E-state index contributed by atoms with van der Waals surface area (Å²) in [5.41, 5.74) is 0.517. The molecule has 0 amide bonds. The molecule has 1 rings (SSSR count). The molecule has 0 heterocycles. The second-order valence-corrected chi connectivity index (χ2v) is 6.13.